The van der Waals surface area contributed by atoms with E-state index >= 15 is 0 Å². The van der Waals surface area contributed by atoms with Crippen molar-refractivity contribution in [1.82, 2.24) is 0 Å². The zero-order valence-corrected chi connectivity index (χ0v) is 16.5. The molecule has 0 amide bonds. The molecule has 0 aliphatic heterocycles. The van der Waals surface area contributed by atoms with Gasteiger partial charge in [0.25, 0.3) is 0 Å². The molecule has 0 saturated heterocycles. The van der Waals surface area contributed by atoms with Gasteiger partial charge in [0.1, 0.15) is 17.3 Å². The third-order valence-electron chi connectivity index (χ3n) is 3.96. The minimum Gasteiger partial charge on any atom is -0.496 e. The van der Waals surface area contributed by atoms with Crippen LogP contribution in [0.25, 0.3) is 0 Å². The van der Waals surface area contributed by atoms with Gasteiger partial charge in [0.2, 0.25) is 0 Å². The van der Waals surface area contributed by atoms with Crippen LogP contribution in [0, 0.1) is 0 Å². The Morgan fingerprint density at radius 1 is 0.786 bits per heavy atom. The fraction of sp³-hybridized carbons (Fsp3) is 0.0909. The van der Waals surface area contributed by atoms with E-state index in [0.717, 1.165) is 16.9 Å². The molecule has 0 atom stereocenters. The number of amidine groups is 1. The van der Waals surface area contributed by atoms with Crippen molar-refractivity contribution in [1.29, 1.82) is 0 Å². The van der Waals surface area contributed by atoms with Crippen LogP contribution < -0.4 is 20.1 Å². The zero-order valence-electron chi connectivity index (χ0n) is 15.7. The third-order valence-corrected chi connectivity index (χ3v) is 4.15. The lowest BCUT2D eigenvalue weighted by atomic mass is 10.1. The highest BCUT2D eigenvalue weighted by atomic mass is 32.1. The number of methoxy groups -OCH3 is 2. The first kappa shape index (κ1) is 19.4. The number of nitrogens with zero attached hydrogens (tertiary/aromatic N) is 1. The van der Waals surface area contributed by atoms with Gasteiger partial charge in [-0.3, -0.25) is 0 Å². The van der Waals surface area contributed by atoms with Crippen molar-refractivity contribution in [2.45, 2.75) is 0 Å². The summed E-state index contributed by atoms with van der Waals surface area (Å²) in [4.78, 5) is 4.61. The van der Waals surface area contributed by atoms with E-state index in [1.807, 2.05) is 78.9 Å². The first-order valence-corrected chi connectivity index (χ1v) is 9.10. The second-order valence-corrected chi connectivity index (χ2v) is 6.17. The molecule has 0 aromatic heterocycles. The van der Waals surface area contributed by atoms with Crippen LogP contribution in [0.2, 0.25) is 0 Å². The average molecular weight is 394 g/mol. The van der Waals surface area contributed by atoms with Crippen molar-refractivity contribution in [2.75, 3.05) is 24.9 Å². The molecule has 0 heterocycles. The number of benzene rings is 3. The van der Waals surface area contributed by atoms with Gasteiger partial charge in [-0.1, -0.05) is 42.5 Å². The molecule has 3 aromatic carbocycles. The van der Waals surface area contributed by atoms with Crippen molar-refractivity contribution < 1.29 is 10.9 Å². The van der Waals surface area contributed by atoms with Crippen LogP contribution in [0.4, 0.5) is 11.4 Å². The minimum atomic E-state index is 0. The number of nitrogens with one attached hydrogen (secondary N) is 2. The SMILES string of the molecule is COc1ccccc1NC(=NC(=S)Nc1ccccc1)c1ccccc1OC.[HH]. The molecule has 5 nitrogen and oxygen atoms in total. The summed E-state index contributed by atoms with van der Waals surface area (Å²) >= 11 is 5.46. The smallest absolute Gasteiger partial charge is 0.199 e. The maximum absolute atomic E-state index is 5.50. The minimum absolute atomic E-state index is 0. The fourth-order valence-electron chi connectivity index (χ4n) is 2.65. The van der Waals surface area contributed by atoms with Crippen LogP contribution in [-0.4, -0.2) is 25.2 Å². The van der Waals surface area contributed by atoms with Crippen LogP contribution in [-0.2, 0) is 0 Å². The number of hydrogen-bond donors (Lipinski definition) is 2. The summed E-state index contributed by atoms with van der Waals surface area (Å²) in [7, 11) is 3.25. The van der Waals surface area contributed by atoms with E-state index in [1.54, 1.807) is 14.2 Å². The Morgan fingerprint density at radius 3 is 2.11 bits per heavy atom. The van der Waals surface area contributed by atoms with Crippen molar-refractivity contribution in [2.24, 2.45) is 4.99 Å². The normalized spacial score (nSPS) is 10.9. The zero-order chi connectivity index (χ0) is 19.8. The number of ether oxygens (including phenoxy) is 2. The van der Waals surface area contributed by atoms with E-state index < -0.39 is 0 Å². The summed E-state index contributed by atoms with van der Waals surface area (Å²) in [5, 5.41) is 6.78. The Morgan fingerprint density at radius 2 is 1.39 bits per heavy atom. The van der Waals surface area contributed by atoms with Crippen LogP contribution in [0.15, 0.2) is 83.9 Å². The summed E-state index contributed by atoms with van der Waals surface area (Å²) in [5.74, 6) is 1.94. The van der Waals surface area contributed by atoms with Crippen molar-refractivity contribution in [3.63, 3.8) is 0 Å². The van der Waals surface area contributed by atoms with E-state index in [-0.39, 0.29) is 1.43 Å². The summed E-state index contributed by atoms with van der Waals surface area (Å²) in [5.41, 5.74) is 2.43. The molecule has 3 rings (SSSR count). The lowest BCUT2D eigenvalue weighted by Crippen LogP contribution is -2.19. The van der Waals surface area contributed by atoms with Gasteiger partial charge in [-0.2, -0.15) is 0 Å². The first-order valence-electron chi connectivity index (χ1n) is 8.69. The average Bonchev–Trinajstić information content (AvgIpc) is 2.74. The Hall–Kier alpha value is -3.38. The van der Waals surface area contributed by atoms with Gasteiger partial charge in [-0.05, 0) is 48.6 Å². The molecule has 0 aliphatic carbocycles. The van der Waals surface area contributed by atoms with Gasteiger partial charge < -0.3 is 20.1 Å². The van der Waals surface area contributed by atoms with E-state index in [2.05, 4.69) is 15.6 Å². The summed E-state index contributed by atoms with van der Waals surface area (Å²) in [6, 6.07) is 24.9. The summed E-state index contributed by atoms with van der Waals surface area (Å²) in [6.07, 6.45) is 0. The highest BCUT2D eigenvalue weighted by Crippen LogP contribution is 2.26. The van der Waals surface area contributed by atoms with E-state index in [9.17, 15) is 0 Å². The molecule has 28 heavy (non-hydrogen) atoms. The Bertz CT molecular complexity index is 981. The van der Waals surface area contributed by atoms with E-state index in [0.29, 0.717) is 22.4 Å². The Kier molecular flexibility index (Phi) is 6.59. The standard InChI is InChI=1S/C22H21N3O2S.H2/c1-26-19-14-8-6-12-17(19)21(24-18-13-7-9-15-20(18)27-2)25-22(28)23-16-10-4-3-5-11-16;/h3-15H,1-2H3,(H2,23,24,25,28);1H. The molecule has 0 fully saturated rings. The Labute approximate surface area is 171 Å². The van der Waals surface area contributed by atoms with Gasteiger partial charge in [0.05, 0.1) is 25.5 Å². The van der Waals surface area contributed by atoms with Gasteiger partial charge in [0, 0.05) is 7.11 Å². The van der Waals surface area contributed by atoms with Gasteiger partial charge in [-0.15, -0.1) is 0 Å². The summed E-state index contributed by atoms with van der Waals surface area (Å²) in [6.45, 7) is 0. The lowest BCUT2D eigenvalue weighted by Gasteiger charge is -2.16. The molecule has 0 saturated carbocycles. The van der Waals surface area contributed by atoms with E-state index in [1.165, 1.54) is 0 Å². The van der Waals surface area contributed by atoms with E-state index in [4.69, 9.17) is 21.7 Å². The number of hydrogen-bond acceptors (Lipinski definition) is 3. The number of aliphatic imine (C=N–C) groups is 1. The molecule has 0 spiro atoms. The Balaban J connectivity index is 0.00000300. The number of para-hydroxylation sites is 4. The van der Waals surface area contributed by atoms with Gasteiger partial charge in [-0.25, -0.2) is 4.99 Å². The van der Waals surface area contributed by atoms with Crippen LogP contribution in [0.3, 0.4) is 0 Å². The number of anilines is 2. The van der Waals surface area contributed by atoms with Crippen molar-refractivity contribution in [3.05, 3.63) is 84.4 Å². The predicted molar refractivity (Wildman–Crippen MR) is 121 cm³/mol. The predicted octanol–water partition coefficient (Wildman–Crippen LogP) is 5.21. The molecule has 144 valence electrons. The van der Waals surface area contributed by atoms with Gasteiger partial charge >= 0.3 is 0 Å². The molecule has 0 unspecified atom stereocenters. The third kappa shape index (κ3) is 4.86. The van der Waals surface area contributed by atoms with Crippen molar-refractivity contribution in [3.8, 4) is 11.5 Å². The quantitative estimate of drug-likeness (QED) is 0.354. The lowest BCUT2D eigenvalue weighted by molar-refractivity contribution is 0.413. The van der Waals surface area contributed by atoms with Crippen LogP contribution in [0.5, 0.6) is 11.5 Å². The fourth-order valence-corrected chi connectivity index (χ4v) is 2.85. The van der Waals surface area contributed by atoms with Crippen LogP contribution >= 0.6 is 12.2 Å². The molecule has 3 aromatic rings. The highest BCUT2D eigenvalue weighted by Gasteiger charge is 2.13. The molecule has 6 heteroatoms. The summed E-state index contributed by atoms with van der Waals surface area (Å²) < 4.78 is 10.9. The second-order valence-electron chi connectivity index (χ2n) is 5.78. The second kappa shape index (κ2) is 9.53. The van der Waals surface area contributed by atoms with Crippen molar-refractivity contribution >= 4 is 34.5 Å². The first-order chi connectivity index (χ1) is 13.7. The molecular weight excluding hydrogens is 370 g/mol. The van der Waals surface area contributed by atoms with Gasteiger partial charge in [0.15, 0.2) is 5.11 Å². The molecule has 2 N–H and O–H groups in total. The molecule has 0 radical (unpaired) electrons. The molecular formula is C22H23N3O2S. The topological polar surface area (TPSA) is 54.9 Å². The largest absolute Gasteiger partial charge is 0.496 e. The van der Waals surface area contributed by atoms with Crippen LogP contribution in [0.1, 0.15) is 6.99 Å². The number of thiocarbonyl (C=S) groups is 1. The monoisotopic (exact) mass is 393 g/mol. The molecule has 0 bridgehead atoms. The highest BCUT2D eigenvalue weighted by molar-refractivity contribution is 7.80. The maximum Gasteiger partial charge on any atom is 0.199 e. The number of rotatable bonds is 5. The molecule has 0 aliphatic rings. The maximum atomic E-state index is 5.50.